The molecule has 1 heterocycles. The van der Waals surface area contributed by atoms with Crippen molar-refractivity contribution in [3.05, 3.63) is 83.9 Å². The number of carbonyl (C=O) groups excluding carboxylic acids is 7. The number of carboxylic acid groups (broad SMARTS) is 1. The summed E-state index contributed by atoms with van der Waals surface area (Å²) >= 11 is 0. The highest BCUT2D eigenvalue weighted by atomic mass is 33.1. The molecule has 1 aliphatic rings. The van der Waals surface area contributed by atoms with Crippen LogP contribution in [0.25, 0.3) is 10.8 Å². The van der Waals surface area contributed by atoms with Crippen molar-refractivity contribution in [3.63, 3.8) is 0 Å². The van der Waals surface area contributed by atoms with Crippen LogP contribution in [-0.4, -0.2) is 130 Å². The van der Waals surface area contributed by atoms with Crippen molar-refractivity contribution in [2.24, 2.45) is 32.9 Å². The van der Waals surface area contributed by atoms with Crippen molar-refractivity contribution in [1.82, 2.24) is 37.2 Å². The van der Waals surface area contributed by atoms with Gasteiger partial charge in [0.1, 0.15) is 42.3 Å². The number of carbonyl (C=O) groups is 8. The zero-order valence-electron chi connectivity index (χ0n) is 40.1. The van der Waals surface area contributed by atoms with E-state index in [1.54, 1.807) is 56.3 Å². The van der Waals surface area contributed by atoms with Crippen LogP contribution in [0.5, 0.6) is 0 Å². The van der Waals surface area contributed by atoms with Gasteiger partial charge in [-0.25, -0.2) is 4.79 Å². The number of hydrogen-bond acceptors (Lipinski definition) is 12. The van der Waals surface area contributed by atoms with Gasteiger partial charge in [-0.2, -0.15) is 0 Å². The van der Waals surface area contributed by atoms with Crippen molar-refractivity contribution in [1.29, 1.82) is 0 Å². The molecule has 16 N–H and O–H groups in total. The topological polar surface area (TPSA) is 370 Å². The van der Waals surface area contributed by atoms with Crippen LogP contribution in [0.3, 0.4) is 0 Å². The van der Waals surface area contributed by atoms with Crippen molar-refractivity contribution in [2.75, 3.05) is 18.8 Å². The molecular weight excluding hydrogens is 955 g/mol. The molecule has 4 rings (SSSR count). The summed E-state index contributed by atoms with van der Waals surface area (Å²) < 4.78 is -1.30. The van der Waals surface area contributed by atoms with Crippen LogP contribution >= 0.6 is 21.6 Å². The summed E-state index contributed by atoms with van der Waals surface area (Å²) in [6.45, 7) is 5.98. The second kappa shape index (κ2) is 27.3. The SMILES string of the molecule is CC(=O)N[C@@H](CCCN=C(N)N)C(=O)N[C@@H](C)C(=O)N[C@@H]1CSSC(C)(C)[C@@H](C(=O)O)NC(=O)[C@H](Cc2ccccc2)NC(=O)[C@H](Cc2cccc3ccccc23)NC(=O)[C@H](CCCN=C(N)N)NC1=O. The molecule has 3 aromatic carbocycles. The molecular formula is C47H65N13O9S2. The number of aliphatic carboxylic acids is 1. The van der Waals surface area contributed by atoms with Crippen molar-refractivity contribution in [2.45, 2.75) is 113 Å². The third-order valence-electron chi connectivity index (χ3n) is 11.2. The standard InChI is InChI=1S/C47H65N13O9S2/c1-26(54-39(63)32(55-27(2)61)19-11-21-52-45(48)49)38(62)59-36-25-70-71-47(3,4)37(44(68)69)60-42(66)34(23-28-13-6-5-7-14-28)57-41(65)35(24-30-17-10-16-29-15-8-9-18-31(29)30)58-40(64)33(56-43(36)67)20-12-22-53-46(50)51/h5-10,13-18,26,32-37H,11-12,19-25H2,1-4H3,(H,54,63)(H,55,61)(H,56,67)(H,57,65)(H,58,64)(H,59,62)(H,60,66)(H,68,69)(H4,48,49,52)(H4,50,51,53)/t26-,32-,33-,34-,35-,36+,37+/m0/s1. The molecule has 3 aromatic rings. The first-order valence-corrected chi connectivity index (χ1v) is 25.2. The number of nitrogens with one attached hydrogen (secondary N) is 7. The first kappa shape index (κ1) is 56.5. The van der Waals surface area contributed by atoms with Gasteiger partial charge in [-0.15, -0.1) is 0 Å². The van der Waals surface area contributed by atoms with Gasteiger partial charge < -0.3 is 65.3 Å². The molecule has 0 saturated carbocycles. The van der Waals surface area contributed by atoms with Crippen molar-refractivity contribution in [3.8, 4) is 0 Å². The van der Waals surface area contributed by atoms with Gasteiger partial charge in [0.2, 0.25) is 41.4 Å². The number of nitrogens with zero attached hydrogens (tertiary/aromatic N) is 2. The predicted molar refractivity (Wildman–Crippen MR) is 274 cm³/mol. The van der Waals surface area contributed by atoms with E-state index >= 15 is 0 Å². The molecule has 7 atom stereocenters. The average Bonchev–Trinajstić information content (AvgIpc) is 3.31. The van der Waals surface area contributed by atoms with E-state index in [-0.39, 0.29) is 62.9 Å². The number of amides is 7. The summed E-state index contributed by atoms with van der Waals surface area (Å²) in [5, 5.41) is 30.9. The van der Waals surface area contributed by atoms with Crippen LogP contribution in [0.1, 0.15) is 64.5 Å². The second-order valence-corrected chi connectivity index (χ2v) is 20.4. The zero-order valence-corrected chi connectivity index (χ0v) is 41.7. The van der Waals surface area contributed by atoms with E-state index in [1.807, 2.05) is 30.3 Å². The lowest BCUT2D eigenvalue weighted by Crippen LogP contribution is -2.61. The van der Waals surface area contributed by atoms with E-state index < -0.39 is 94.4 Å². The third kappa shape index (κ3) is 18.3. The van der Waals surface area contributed by atoms with Crippen LogP contribution in [-0.2, 0) is 51.2 Å². The summed E-state index contributed by atoms with van der Waals surface area (Å²) in [5.74, 6) is -7.19. The summed E-state index contributed by atoms with van der Waals surface area (Å²) in [7, 11) is 2.02. The van der Waals surface area contributed by atoms with E-state index in [2.05, 4.69) is 47.2 Å². The maximum absolute atomic E-state index is 14.7. The highest BCUT2D eigenvalue weighted by molar-refractivity contribution is 8.77. The molecule has 24 heteroatoms. The smallest absolute Gasteiger partial charge is 0.327 e. The summed E-state index contributed by atoms with van der Waals surface area (Å²) in [6, 6.07) is 12.4. The predicted octanol–water partition coefficient (Wildman–Crippen LogP) is -0.576. The first-order chi connectivity index (χ1) is 33.6. The number of rotatable bonds is 18. The molecule has 0 aromatic heterocycles. The maximum Gasteiger partial charge on any atom is 0.327 e. The molecule has 0 spiro atoms. The molecule has 0 radical (unpaired) electrons. The number of benzene rings is 3. The Morgan fingerprint density at radius 1 is 0.732 bits per heavy atom. The van der Waals surface area contributed by atoms with Crippen LogP contribution in [0.15, 0.2) is 82.8 Å². The average molecular weight is 1020 g/mol. The Hall–Kier alpha value is -7.08. The van der Waals surface area contributed by atoms with Gasteiger partial charge >= 0.3 is 5.97 Å². The fourth-order valence-corrected chi connectivity index (χ4v) is 10.3. The molecule has 0 unspecified atom stereocenters. The lowest BCUT2D eigenvalue weighted by Gasteiger charge is -2.32. The van der Waals surface area contributed by atoms with Crippen molar-refractivity contribution < 1.29 is 43.5 Å². The quantitative estimate of drug-likeness (QED) is 0.0328. The molecule has 7 amide bonds. The summed E-state index contributed by atoms with van der Waals surface area (Å²) in [5.41, 5.74) is 23.3. The van der Waals surface area contributed by atoms with Crippen LogP contribution in [0.4, 0.5) is 0 Å². The Labute approximate surface area is 419 Å². The van der Waals surface area contributed by atoms with Gasteiger partial charge in [0.05, 0.1) is 4.75 Å². The molecule has 0 aliphatic carbocycles. The van der Waals surface area contributed by atoms with Gasteiger partial charge in [0, 0.05) is 38.6 Å². The fraction of sp³-hybridized carbons (Fsp3) is 0.447. The number of carboxylic acids is 1. The molecule has 71 heavy (non-hydrogen) atoms. The number of fused-ring (bicyclic) bond motifs is 1. The largest absolute Gasteiger partial charge is 0.480 e. The molecule has 22 nitrogen and oxygen atoms in total. The highest BCUT2D eigenvalue weighted by Gasteiger charge is 2.41. The summed E-state index contributed by atoms with van der Waals surface area (Å²) in [4.78, 5) is 118. The van der Waals surface area contributed by atoms with Gasteiger partial charge in [0.15, 0.2) is 11.9 Å². The Kier molecular flexibility index (Phi) is 21.8. The third-order valence-corrected chi connectivity index (χ3v) is 14.5. The zero-order chi connectivity index (χ0) is 52.3. The van der Waals surface area contributed by atoms with E-state index in [0.717, 1.165) is 32.4 Å². The van der Waals surface area contributed by atoms with Gasteiger partial charge in [-0.3, -0.25) is 43.5 Å². The molecule has 1 aliphatic heterocycles. The van der Waals surface area contributed by atoms with Gasteiger partial charge in [-0.1, -0.05) is 94.4 Å². The summed E-state index contributed by atoms with van der Waals surface area (Å²) in [6.07, 6.45) is 0.429. The maximum atomic E-state index is 14.7. The van der Waals surface area contributed by atoms with Gasteiger partial charge in [0.25, 0.3) is 0 Å². The van der Waals surface area contributed by atoms with E-state index in [9.17, 15) is 43.5 Å². The molecule has 1 fully saturated rings. The number of hydrogen-bond donors (Lipinski definition) is 12. The first-order valence-electron chi connectivity index (χ1n) is 22.9. The molecule has 0 bridgehead atoms. The molecule has 1 saturated heterocycles. The Bertz CT molecular complexity index is 2430. The number of nitrogens with two attached hydrogens (primary N) is 4. The van der Waals surface area contributed by atoms with Crippen LogP contribution < -0.4 is 60.2 Å². The van der Waals surface area contributed by atoms with E-state index in [1.165, 1.54) is 13.8 Å². The molecule has 384 valence electrons. The van der Waals surface area contributed by atoms with E-state index in [4.69, 9.17) is 22.9 Å². The Morgan fingerprint density at radius 2 is 1.31 bits per heavy atom. The number of aliphatic imine (C=N–C) groups is 2. The highest BCUT2D eigenvalue weighted by Crippen LogP contribution is 2.39. The lowest BCUT2D eigenvalue weighted by molar-refractivity contribution is -0.143. The lowest BCUT2D eigenvalue weighted by atomic mass is 9.97. The Balaban J connectivity index is 1.75. The number of guanidine groups is 2. The monoisotopic (exact) mass is 1020 g/mol. The van der Waals surface area contributed by atoms with Crippen LogP contribution in [0.2, 0.25) is 0 Å². The van der Waals surface area contributed by atoms with Crippen molar-refractivity contribution >= 4 is 91.6 Å². The van der Waals surface area contributed by atoms with E-state index in [0.29, 0.717) is 17.5 Å². The minimum absolute atomic E-state index is 0.0426. The normalized spacial score (nSPS) is 20.8. The second-order valence-electron chi connectivity index (χ2n) is 17.4. The Morgan fingerprint density at radius 3 is 1.96 bits per heavy atom. The minimum atomic E-state index is -1.55. The van der Waals surface area contributed by atoms with Crippen LogP contribution in [0, 0.1) is 0 Å². The fourth-order valence-electron chi connectivity index (χ4n) is 7.50. The minimum Gasteiger partial charge on any atom is -0.480 e. The van der Waals surface area contributed by atoms with Gasteiger partial charge in [-0.05, 0) is 68.4 Å².